The summed E-state index contributed by atoms with van der Waals surface area (Å²) in [5, 5.41) is 8.71. The number of aliphatic hydroxyl groups excluding tert-OH is 1. The van der Waals surface area contributed by atoms with Crippen molar-refractivity contribution in [2.75, 3.05) is 26.2 Å². The molecule has 0 aliphatic carbocycles. The predicted molar refractivity (Wildman–Crippen MR) is 68.5 cm³/mol. The Morgan fingerprint density at radius 2 is 2.18 bits per heavy atom. The van der Waals surface area contributed by atoms with E-state index < -0.39 is 0 Å². The number of likely N-dealkylation sites (tertiary alicyclic amines) is 1. The number of nitrogens with zero attached hydrogens (tertiary/aromatic N) is 1. The van der Waals surface area contributed by atoms with Gasteiger partial charge in [0, 0.05) is 19.6 Å². The summed E-state index contributed by atoms with van der Waals surface area (Å²) in [5.41, 5.74) is 5.18. The Morgan fingerprint density at radius 3 is 2.88 bits per heavy atom. The van der Waals surface area contributed by atoms with Gasteiger partial charge in [-0.3, -0.25) is 4.79 Å². The van der Waals surface area contributed by atoms with E-state index in [0.717, 1.165) is 32.4 Å². The topological polar surface area (TPSA) is 66.6 Å². The Bertz CT molecular complexity index is 221. The fourth-order valence-corrected chi connectivity index (χ4v) is 2.56. The zero-order valence-corrected chi connectivity index (χ0v) is 10.7. The van der Waals surface area contributed by atoms with E-state index in [4.69, 9.17) is 10.8 Å². The summed E-state index contributed by atoms with van der Waals surface area (Å²) in [5.74, 6) is 0.471. The van der Waals surface area contributed by atoms with Crippen LogP contribution in [0.5, 0.6) is 0 Å². The number of carbonyl (C=O) groups is 1. The van der Waals surface area contributed by atoms with E-state index in [2.05, 4.69) is 4.90 Å². The van der Waals surface area contributed by atoms with E-state index in [9.17, 15) is 4.79 Å². The standard InChI is InChI=1S/C13H26N2O2/c14-13(17)7-6-12-5-4-9-15(11-12)8-2-1-3-10-16/h12,16H,1-11H2,(H2,14,17). The minimum atomic E-state index is -0.176. The van der Waals surface area contributed by atoms with Crippen LogP contribution in [0.3, 0.4) is 0 Å². The Kier molecular flexibility index (Phi) is 7.21. The molecule has 1 amide bonds. The van der Waals surface area contributed by atoms with Crippen molar-refractivity contribution in [2.24, 2.45) is 11.7 Å². The molecule has 0 aromatic carbocycles. The van der Waals surface area contributed by atoms with Gasteiger partial charge >= 0.3 is 0 Å². The van der Waals surface area contributed by atoms with E-state index >= 15 is 0 Å². The average Bonchev–Trinajstić information content (AvgIpc) is 2.33. The Labute approximate surface area is 104 Å². The molecule has 1 fully saturated rings. The van der Waals surface area contributed by atoms with Gasteiger partial charge in [-0.05, 0) is 57.5 Å². The lowest BCUT2D eigenvalue weighted by molar-refractivity contribution is -0.118. The van der Waals surface area contributed by atoms with Crippen LogP contribution in [0.15, 0.2) is 0 Å². The van der Waals surface area contributed by atoms with Crippen molar-refractivity contribution < 1.29 is 9.90 Å². The van der Waals surface area contributed by atoms with Gasteiger partial charge in [0.2, 0.25) is 5.91 Å². The van der Waals surface area contributed by atoms with Crippen LogP contribution in [-0.2, 0) is 4.79 Å². The van der Waals surface area contributed by atoms with Gasteiger partial charge in [0.05, 0.1) is 0 Å². The molecule has 4 nitrogen and oxygen atoms in total. The molecule has 3 N–H and O–H groups in total. The van der Waals surface area contributed by atoms with E-state index in [-0.39, 0.29) is 5.91 Å². The first-order chi connectivity index (χ1) is 8.22. The van der Waals surface area contributed by atoms with Gasteiger partial charge in [-0.15, -0.1) is 0 Å². The minimum absolute atomic E-state index is 0.176. The van der Waals surface area contributed by atoms with Gasteiger partial charge in [-0.1, -0.05) is 0 Å². The molecule has 4 heteroatoms. The number of unbranched alkanes of at least 4 members (excludes halogenated alkanes) is 2. The second-order valence-electron chi connectivity index (χ2n) is 5.10. The molecule has 0 aromatic rings. The fourth-order valence-electron chi connectivity index (χ4n) is 2.56. The van der Waals surface area contributed by atoms with Crippen LogP contribution in [-0.4, -0.2) is 42.2 Å². The van der Waals surface area contributed by atoms with Gasteiger partial charge in [0.15, 0.2) is 0 Å². The maximum absolute atomic E-state index is 10.8. The average molecular weight is 242 g/mol. The lowest BCUT2D eigenvalue weighted by atomic mass is 9.93. The number of piperidine rings is 1. The smallest absolute Gasteiger partial charge is 0.217 e. The van der Waals surface area contributed by atoms with Crippen molar-refractivity contribution in [1.29, 1.82) is 0 Å². The number of hydrogen-bond donors (Lipinski definition) is 2. The largest absolute Gasteiger partial charge is 0.396 e. The van der Waals surface area contributed by atoms with Crippen LogP contribution in [0.4, 0.5) is 0 Å². The van der Waals surface area contributed by atoms with Gasteiger partial charge in [-0.25, -0.2) is 0 Å². The van der Waals surface area contributed by atoms with Crippen molar-refractivity contribution >= 4 is 5.91 Å². The summed E-state index contributed by atoms with van der Waals surface area (Å²) in [6, 6.07) is 0. The van der Waals surface area contributed by atoms with E-state index in [1.54, 1.807) is 0 Å². The summed E-state index contributed by atoms with van der Waals surface area (Å²) in [6.45, 7) is 3.74. The number of rotatable bonds is 8. The second kappa shape index (κ2) is 8.48. The summed E-state index contributed by atoms with van der Waals surface area (Å²) < 4.78 is 0. The molecule has 0 bridgehead atoms. The van der Waals surface area contributed by atoms with Crippen LogP contribution in [0.1, 0.15) is 44.9 Å². The second-order valence-corrected chi connectivity index (χ2v) is 5.10. The molecule has 1 unspecified atom stereocenters. The first-order valence-corrected chi connectivity index (χ1v) is 6.84. The number of hydrogen-bond acceptors (Lipinski definition) is 3. The molecule has 1 saturated heterocycles. The maximum atomic E-state index is 10.8. The summed E-state index contributed by atoms with van der Waals surface area (Å²) in [7, 11) is 0. The number of primary amides is 1. The quantitative estimate of drug-likeness (QED) is 0.627. The van der Waals surface area contributed by atoms with Gasteiger partial charge in [0.1, 0.15) is 0 Å². The molecule has 1 heterocycles. The summed E-state index contributed by atoms with van der Waals surface area (Å²) in [6.07, 6.45) is 7.15. The van der Waals surface area contributed by atoms with Crippen LogP contribution in [0.25, 0.3) is 0 Å². The first-order valence-electron chi connectivity index (χ1n) is 6.84. The van der Waals surface area contributed by atoms with Crippen LogP contribution in [0.2, 0.25) is 0 Å². The van der Waals surface area contributed by atoms with Crippen LogP contribution < -0.4 is 5.73 Å². The SMILES string of the molecule is NC(=O)CCC1CCCN(CCCCCO)C1. The molecule has 1 rings (SSSR count). The maximum Gasteiger partial charge on any atom is 0.217 e. The Hall–Kier alpha value is -0.610. The van der Waals surface area contributed by atoms with Crippen LogP contribution in [0, 0.1) is 5.92 Å². The number of nitrogens with two attached hydrogens (primary N) is 1. The molecule has 0 spiro atoms. The lowest BCUT2D eigenvalue weighted by Gasteiger charge is -2.32. The van der Waals surface area contributed by atoms with E-state index in [0.29, 0.717) is 18.9 Å². The predicted octanol–water partition coefficient (Wildman–Crippen LogP) is 1.13. The zero-order chi connectivity index (χ0) is 12.5. The molecule has 1 atom stereocenters. The van der Waals surface area contributed by atoms with Gasteiger partial charge in [0.25, 0.3) is 0 Å². The third kappa shape index (κ3) is 6.64. The van der Waals surface area contributed by atoms with Crippen molar-refractivity contribution in [2.45, 2.75) is 44.9 Å². The first kappa shape index (κ1) is 14.5. The molecule has 0 radical (unpaired) electrons. The zero-order valence-electron chi connectivity index (χ0n) is 10.7. The van der Waals surface area contributed by atoms with Crippen molar-refractivity contribution in [3.8, 4) is 0 Å². The highest BCUT2D eigenvalue weighted by atomic mass is 16.2. The van der Waals surface area contributed by atoms with Gasteiger partial charge in [-0.2, -0.15) is 0 Å². The molecule has 17 heavy (non-hydrogen) atoms. The van der Waals surface area contributed by atoms with Crippen LogP contribution >= 0.6 is 0 Å². The normalized spacial score (nSPS) is 21.6. The van der Waals surface area contributed by atoms with Crippen molar-refractivity contribution in [3.05, 3.63) is 0 Å². The summed E-state index contributed by atoms with van der Waals surface area (Å²) >= 11 is 0. The van der Waals surface area contributed by atoms with E-state index in [1.807, 2.05) is 0 Å². The van der Waals surface area contributed by atoms with Crippen molar-refractivity contribution in [1.82, 2.24) is 4.90 Å². The highest BCUT2D eigenvalue weighted by molar-refractivity contribution is 5.73. The number of amides is 1. The third-order valence-corrected chi connectivity index (χ3v) is 3.53. The summed E-state index contributed by atoms with van der Waals surface area (Å²) in [4.78, 5) is 13.2. The molecule has 100 valence electrons. The number of carbonyl (C=O) groups excluding carboxylic acids is 1. The molecular weight excluding hydrogens is 216 g/mol. The molecule has 1 aliphatic rings. The molecular formula is C13H26N2O2. The monoisotopic (exact) mass is 242 g/mol. The minimum Gasteiger partial charge on any atom is -0.396 e. The Morgan fingerprint density at radius 1 is 1.35 bits per heavy atom. The highest BCUT2D eigenvalue weighted by Crippen LogP contribution is 2.21. The molecule has 0 aromatic heterocycles. The fraction of sp³-hybridized carbons (Fsp3) is 0.923. The lowest BCUT2D eigenvalue weighted by Crippen LogP contribution is -2.36. The molecule has 1 aliphatic heterocycles. The highest BCUT2D eigenvalue weighted by Gasteiger charge is 2.19. The molecule has 0 saturated carbocycles. The third-order valence-electron chi connectivity index (χ3n) is 3.53. The van der Waals surface area contributed by atoms with Gasteiger partial charge < -0.3 is 15.7 Å². The van der Waals surface area contributed by atoms with E-state index in [1.165, 1.54) is 25.8 Å². The Balaban J connectivity index is 2.12. The number of aliphatic hydroxyl groups is 1. The van der Waals surface area contributed by atoms with Crippen molar-refractivity contribution in [3.63, 3.8) is 0 Å².